The van der Waals surface area contributed by atoms with Gasteiger partial charge in [-0.3, -0.25) is 0 Å². The highest BCUT2D eigenvalue weighted by atomic mass is 16.7. The highest BCUT2D eigenvalue weighted by Gasteiger charge is 2.26. The maximum absolute atomic E-state index is 5.39. The Morgan fingerprint density at radius 2 is 1.95 bits per heavy atom. The van der Waals surface area contributed by atoms with E-state index in [2.05, 4.69) is 20.6 Å². The fraction of sp³-hybridized carbons (Fsp3) is 0.333. The quantitative estimate of drug-likeness (QED) is 0.899. The molecule has 0 unspecified atom stereocenters. The van der Waals surface area contributed by atoms with Crippen LogP contribution in [0.2, 0.25) is 0 Å². The number of hydrogen-bond acceptors (Lipinski definition) is 6. The van der Waals surface area contributed by atoms with Gasteiger partial charge in [0.05, 0.1) is 5.69 Å². The maximum atomic E-state index is 5.39. The van der Waals surface area contributed by atoms with E-state index in [4.69, 9.17) is 9.47 Å². The predicted molar refractivity (Wildman–Crippen MR) is 79.4 cm³/mol. The second-order valence-corrected chi connectivity index (χ2v) is 5.22. The van der Waals surface area contributed by atoms with Crippen LogP contribution >= 0.6 is 0 Å². The lowest BCUT2D eigenvalue weighted by Gasteiger charge is -2.10. The van der Waals surface area contributed by atoms with Gasteiger partial charge in [-0.05, 0) is 25.0 Å². The number of nitrogens with one attached hydrogen (secondary N) is 2. The summed E-state index contributed by atoms with van der Waals surface area (Å²) in [6.07, 6.45) is 2.42. The standard InChI is InChI=1S/C15H16N4O2/c1-16-15-18-11(9-2-3-9)7-14(19-15)17-10-4-5-12-13(6-10)21-8-20-12/h4-7,9H,2-3,8H2,1H3,(H2,16,17,18,19). The van der Waals surface area contributed by atoms with Gasteiger partial charge in [0.1, 0.15) is 5.82 Å². The van der Waals surface area contributed by atoms with Crippen LogP contribution in [0.25, 0.3) is 0 Å². The molecule has 6 heteroatoms. The van der Waals surface area contributed by atoms with Crippen molar-refractivity contribution in [3.05, 3.63) is 30.0 Å². The molecule has 1 saturated carbocycles. The molecule has 0 radical (unpaired) electrons. The molecule has 2 heterocycles. The van der Waals surface area contributed by atoms with Gasteiger partial charge in [-0.15, -0.1) is 0 Å². The van der Waals surface area contributed by atoms with Gasteiger partial charge in [0.2, 0.25) is 12.7 Å². The van der Waals surface area contributed by atoms with E-state index in [1.54, 1.807) is 0 Å². The number of rotatable bonds is 4. The lowest BCUT2D eigenvalue weighted by molar-refractivity contribution is 0.174. The molecule has 1 aliphatic carbocycles. The number of ether oxygens (including phenoxy) is 2. The molecule has 2 aromatic rings. The Balaban J connectivity index is 1.62. The summed E-state index contributed by atoms with van der Waals surface area (Å²) >= 11 is 0. The molecule has 4 rings (SSSR count). The van der Waals surface area contributed by atoms with E-state index < -0.39 is 0 Å². The van der Waals surface area contributed by atoms with E-state index >= 15 is 0 Å². The molecule has 0 atom stereocenters. The van der Waals surface area contributed by atoms with Crippen molar-refractivity contribution in [3.8, 4) is 11.5 Å². The van der Waals surface area contributed by atoms with Crippen LogP contribution < -0.4 is 20.1 Å². The summed E-state index contributed by atoms with van der Waals surface area (Å²) in [5.41, 5.74) is 2.01. The first-order chi connectivity index (χ1) is 10.3. The number of nitrogens with zero attached hydrogens (tertiary/aromatic N) is 2. The van der Waals surface area contributed by atoms with Crippen molar-refractivity contribution in [2.75, 3.05) is 24.5 Å². The number of hydrogen-bond donors (Lipinski definition) is 2. The summed E-state index contributed by atoms with van der Waals surface area (Å²) < 4.78 is 10.7. The average molecular weight is 284 g/mol. The van der Waals surface area contributed by atoms with Gasteiger partial charge in [0.25, 0.3) is 0 Å². The number of aromatic nitrogens is 2. The lowest BCUT2D eigenvalue weighted by Crippen LogP contribution is -2.03. The van der Waals surface area contributed by atoms with Crippen LogP contribution in [0, 0.1) is 0 Å². The first-order valence-electron chi connectivity index (χ1n) is 7.05. The smallest absolute Gasteiger partial charge is 0.231 e. The molecule has 1 fully saturated rings. The summed E-state index contributed by atoms with van der Waals surface area (Å²) in [5, 5.41) is 6.32. The topological polar surface area (TPSA) is 68.3 Å². The first-order valence-corrected chi connectivity index (χ1v) is 7.05. The second-order valence-electron chi connectivity index (χ2n) is 5.22. The van der Waals surface area contributed by atoms with Crippen LogP contribution in [0.15, 0.2) is 24.3 Å². The molecule has 6 nitrogen and oxygen atoms in total. The van der Waals surface area contributed by atoms with Gasteiger partial charge >= 0.3 is 0 Å². The third-order valence-electron chi connectivity index (χ3n) is 3.61. The van der Waals surface area contributed by atoms with Gasteiger partial charge in [0.15, 0.2) is 11.5 Å². The number of benzene rings is 1. The molecule has 21 heavy (non-hydrogen) atoms. The summed E-state index contributed by atoms with van der Waals surface area (Å²) in [4.78, 5) is 8.95. The fourth-order valence-corrected chi connectivity index (χ4v) is 2.35. The van der Waals surface area contributed by atoms with Crippen molar-refractivity contribution in [1.29, 1.82) is 0 Å². The Labute approximate surface area is 122 Å². The molecular weight excluding hydrogens is 268 g/mol. The summed E-state index contributed by atoms with van der Waals surface area (Å²) in [7, 11) is 1.83. The van der Waals surface area contributed by atoms with Crippen LogP contribution in [0.5, 0.6) is 11.5 Å². The van der Waals surface area contributed by atoms with Crippen molar-refractivity contribution >= 4 is 17.5 Å². The highest BCUT2D eigenvalue weighted by Crippen LogP contribution is 2.40. The van der Waals surface area contributed by atoms with Crippen LogP contribution in [-0.2, 0) is 0 Å². The molecule has 1 aliphatic heterocycles. The molecule has 0 amide bonds. The van der Waals surface area contributed by atoms with Crippen LogP contribution in [0.4, 0.5) is 17.5 Å². The largest absolute Gasteiger partial charge is 0.454 e. The zero-order chi connectivity index (χ0) is 14.2. The molecule has 0 spiro atoms. The SMILES string of the molecule is CNc1nc(Nc2ccc3c(c2)OCO3)cc(C2CC2)n1. The average Bonchev–Trinajstić information content (AvgIpc) is 3.25. The minimum Gasteiger partial charge on any atom is -0.454 e. The molecule has 2 aliphatic rings. The molecule has 0 bridgehead atoms. The highest BCUT2D eigenvalue weighted by molar-refractivity contribution is 5.62. The summed E-state index contributed by atoms with van der Waals surface area (Å²) in [5.74, 6) is 3.54. The normalized spacial score (nSPS) is 15.9. The van der Waals surface area contributed by atoms with E-state index in [1.807, 2.05) is 31.3 Å². The third kappa shape index (κ3) is 2.44. The Hall–Kier alpha value is -2.50. The summed E-state index contributed by atoms with van der Waals surface area (Å²) in [6, 6.07) is 7.78. The molecule has 1 aromatic carbocycles. The first kappa shape index (κ1) is 12.3. The zero-order valence-electron chi connectivity index (χ0n) is 11.7. The zero-order valence-corrected chi connectivity index (χ0v) is 11.7. The minimum absolute atomic E-state index is 0.280. The Kier molecular flexibility index (Phi) is 2.80. The van der Waals surface area contributed by atoms with Crippen molar-refractivity contribution < 1.29 is 9.47 Å². The van der Waals surface area contributed by atoms with Crippen LogP contribution in [-0.4, -0.2) is 23.8 Å². The van der Waals surface area contributed by atoms with Crippen LogP contribution in [0.1, 0.15) is 24.5 Å². The van der Waals surface area contributed by atoms with E-state index in [-0.39, 0.29) is 6.79 Å². The van der Waals surface area contributed by atoms with E-state index in [0.717, 1.165) is 28.7 Å². The van der Waals surface area contributed by atoms with Gasteiger partial charge < -0.3 is 20.1 Å². The Bertz CT molecular complexity index is 685. The van der Waals surface area contributed by atoms with Gasteiger partial charge in [-0.25, -0.2) is 4.98 Å². The van der Waals surface area contributed by atoms with E-state index in [1.165, 1.54) is 12.8 Å². The van der Waals surface area contributed by atoms with Gasteiger partial charge in [0, 0.05) is 30.8 Å². The van der Waals surface area contributed by atoms with Crippen LogP contribution in [0.3, 0.4) is 0 Å². The van der Waals surface area contributed by atoms with Gasteiger partial charge in [-0.2, -0.15) is 4.98 Å². The number of fused-ring (bicyclic) bond motifs is 1. The second kappa shape index (κ2) is 4.80. The molecule has 108 valence electrons. The minimum atomic E-state index is 0.280. The number of anilines is 3. The van der Waals surface area contributed by atoms with Gasteiger partial charge in [-0.1, -0.05) is 0 Å². The van der Waals surface area contributed by atoms with Crippen molar-refractivity contribution in [2.45, 2.75) is 18.8 Å². The molecule has 2 N–H and O–H groups in total. The van der Waals surface area contributed by atoms with E-state index in [9.17, 15) is 0 Å². The molecular formula is C15H16N4O2. The summed E-state index contributed by atoms with van der Waals surface area (Å²) in [6.45, 7) is 0.280. The van der Waals surface area contributed by atoms with E-state index in [0.29, 0.717) is 11.9 Å². The van der Waals surface area contributed by atoms with Crippen molar-refractivity contribution in [3.63, 3.8) is 0 Å². The predicted octanol–water partition coefficient (Wildman–Crippen LogP) is 2.87. The van der Waals surface area contributed by atoms with Crippen molar-refractivity contribution in [1.82, 2.24) is 9.97 Å². The molecule has 1 aromatic heterocycles. The maximum Gasteiger partial charge on any atom is 0.231 e. The molecule has 0 saturated heterocycles. The monoisotopic (exact) mass is 284 g/mol. The Morgan fingerprint density at radius 1 is 1.10 bits per heavy atom. The van der Waals surface area contributed by atoms with Crippen molar-refractivity contribution in [2.24, 2.45) is 0 Å². The fourth-order valence-electron chi connectivity index (χ4n) is 2.35. The lowest BCUT2D eigenvalue weighted by atomic mass is 10.2. The third-order valence-corrected chi connectivity index (χ3v) is 3.61. The Morgan fingerprint density at radius 3 is 2.76 bits per heavy atom.